The third-order valence-electron chi connectivity index (χ3n) is 2.17. The predicted octanol–water partition coefficient (Wildman–Crippen LogP) is 2.42. The molecule has 0 spiro atoms. The van der Waals surface area contributed by atoms with Gasteiger partial charge in [0.1, 0.15) is 0 Å². The summed E-state index contributed by atoms with van der Waals surface area (Å²) in [6.07, 6.45) is 1.01. The fourth-order valence-electron chi connectivity index (χ4n) is 1.30. The molecule has 0 aromatic heterocycles. The third-order valence-corrected chi connectivity index (χ3v) is 2.17. The van der Waals surface area contributed by atoms with Crippen LogP contribution >= 0.6 is 12.4 Å². The number of halogens is 3. The van der Waals surface area contributed by atoms with Crippen LogP contribution in [-0.2, 0) is 0 Å². The van der Waals surface area contributed by atoms with Crippen molar-refractivity contribution in [1.82, 2.24) is 5.32 Å². The van der Waals surface area contributed by atoms with E-state index in [0.717, 1.165) is 18.5 Å². The van der Waals surface area contributed by atoms with Crippen LogP contribution in [0.2, 0.25) is 0 Å². The molecule has 0 saturated carbocycles. The van der Waals surface area contributed by atoms with E-state index in [-0.39, 0.29) is 18.4 Å². The summed E-state index contributed by atoms with van der Waals surface area (Å²) in [5, 5.41) is 3.12. The minimum atomic E-state index is -0.780. The molecule has 1 aliphatic rings. The second-order valence-corrected chi connectivity index (χ2v) is 2.97. The van der Waals surface area contributed by atoms with Gasteiger partial charge in [0.2, 0.25) is 0 Å². The summed E-state index contributed by atoms with van der Waals surface area (Å²) in [5.41, 5.74) is 0.833. The van der Waals surface area contributed by atoms with Gasteiger partial charge in [-0.1, -0.05) is 6.07 Å². The van der Waals surface area contributed by atoms with Crippen molar-refractivity contribution in [3.63, 3.8) is 0 Å². The molecule has 1 N–H and O–H groups in total. The van der Waals surface area contributed by atoms with Gasteiger partial charge < -0.3 is 5.32 Å². The zero-order valence-corrected chi connectivity index (χ0v) is 7.70. The molecule has 13 heavy (non-hydrogen) atoms. The number of rotatable bonds is 1. The second kappa shape index (κ2) is 4.03. The smallest absolute Gasteiger partial charge is 0.159 e. The summed E-state index contributed by atoms with van der Waals surface area (Å²) in [5.74, 6) is -1.54. The van der Waals surface area contributed by atoms with Gasteiger partial charge in [0, 0.05) is 6.04 Å². The Labute approximate surface area is 81.6 Å². The quantitative estimate of drug-likeness (QED) is 0.743. The van der Waals surface area contributed by atoms with Crippen LogP contribution in [0.1, 0.15) is 18.0 Å². The molecule has 1 fully saturated rings. The highest BCUT2D eigenvalue weighted by Crippen LogP contribution is 2.23. The van der Waals surface area contributed by atoms with E-state index in [4.69, 9.17) is 0 Å². The molecule has 2 rings (SSSR count). The molecular weight excluding hydrogens is 196 g/mol. The Hall–Kier alpha value is -0.670. The highest BCUT2D eigenvalue weighted by Gasteiger charge is 2.19. The highest BCUT2D eigenvalue weighted by molar-refractivity contribution is 5.85. The summed E-state index contributed by atoms with van der Waals surface area (Å²) in [6, 6.07) is 4.27. The predicted molar refractivity (Wildman–Crippen MR) is 49.0 cm³/mol. The van der Waals surface area contributed by atoms with Crippen molar-refractivity contribution in [3.05, 3.63) is 35.4 Å². The lowest BCUT2D eigenvalue weighted by Crippen LogP contribution is -2.34. The van der Waals surface area contributed by atoms with Crippen molar-refractivity contribution < 1.29 is 8.78 Å². The number of nitrogens with one attached hydrogen (secondary N) is 1. The molecule has 0 unspecified atom stereocenters. The zero-order valence-electron chi connectivity index (χ0n) is 6.89. The minimum Gasteiger partial charge on any atom is -0.310 e. The maximum atomic E-state index is 12.7. The molecule has 1 aromatic carbocycles. The maximum Gasteiger partial charge on any atom is 0.159 e. The molecule has 1 saturated heterocycles. The third kappa shape index (κ3) is 1.98. The second-order valence-electron chi connectivity index (χ2n) is 2.97. The van der Waals surface area contributed by atoms with Gasteiger partial charge in [-0.15, -0.1) is 12.4 Å². The minimum absolute atomic E-state index is 0. The summed E-state index contributed by atoms with van der Waals surface area (Å²) < 4.78 is 25.2. The summed E-state index contributed by atoms with van der Waals surface area (Å²) in [4.78, 5) is 0. The molecule has 1 heterocycles. The lowest BCUT2D eigenvalue weighted by Gasteiger charge is -2.27. The molecule has 0 bridgehead atoms. The van der Waals surface area contributed by atoms with Crippen molar-refractivity contribution in [3.8, 4) is 0 Å². The number of benzene rings is 1. The summed E-state index contributed by atoms with van der Waals surface area (Å²) in [7, 11) is 0. The monoisotopic (exact) mass is 205 g/mol. The van der Waals surface area contributed by atoms with E-state index >= 15 is 0 Å². The number of hydrogen-bond acceptors (Lipinski definition) is 1. The first-order valence-electron chi connectivity index (χ1n) is 3.96. The van der Waals surface area contributed by atoms with Crippen molar-refractivity contribution in [2.24, 2.45) is 0 Å². The van der Waals surface area contributed by atoms with Gasteiger partial charge in [0.25, 0.3) is 0 Å². The molecule has 1 aliphatic heterocycles. The SMILES string of the molecule is Cl.Fc1ccc([C@@H]2CCN2)cc1F. The van der Waals surface area contributed by atoms with E-state index in [1.807, 2.05) is 0 Å². The molecule has 4 heteroatoms. The van der Waals surface area contributed by atoms with E-state index in [1.54, 1.807) is 6.07 Å². The van der Waals surface area contributed by atoms with Crippen molar-refractivity contribution >= 4 is 12.4 Å². The molecular formula is C9H10ClF2N. The first-order chi connectivity index (χ1) is 5.77. The van der Waals surface area contributed by atoms with Gasteiger partial charge in [-0.25, -0.2) is 8.78 Å². The first kappa shape index (κ1) is 10.4. The van der Waals surface area contributed by atoms with Gasteiger partial charge in [0.15, 0.2) is 11.6 Å². The molecule has 72 valence electrons. The molecule has 1 atom stereocenters. The molecule has 0 aliphatic carbocycles. The normalized spacial score (nSPS) is 20.3. The first-order valence-corrected chi connectivity index (χ1v) is 3.96. The average Bonchev–Trinajstić information content (AvgIpc) is 1.93. The van der Waals surface area contributed by atoms with Crippen LogP contribution in [0.4, 0.5) is 8.78 Å². The van der Waals surface area contributed by atoms with Crippen LogP contribution < -0.4 is 5.32 Å². The summed E-state index contributed by atoms with van der Waals surface area (Å²) in [6.45, 7) is 0.962. The van der Waals surface area contributed by atoms with E-state index in [1.165, 1.54) is 12.1 Å². The van der Waals surface area contributed by atoms with Gasteiger partial charge in [-0.2, -0.15) is 0 Å². The van der Waals surface area contributed by atoms with Crippen LogP contribution in [0.3, 0.4) is 0 Å². The Bertz CT molecular complexity index is 300. The van der Waals surface area contributed by atoms with E-state index in [0.29, 0.717) is 0 Å². The largest absolute Gasteiger partial charge is 0.310 e. The topological polar surface area (TPSA) is 12.0 Å². The fraction of sp³-hybridized carbons (Fsp3) is 0.333. The maximum absolute atomic E-state index is 12.7. The van der Waals surface area contributed by atoms with Gasteiger partial charge in [0.05, 0.1) is 0 Å². The van der Waals surface area contributed by atoms with Crippen molar-refractivity contribution in [2.75, 3.05) is 6.54 Å². The van der Waals surface area contributed by atoms with Crippen LogP contribution in [0, 0.1) is 11.6 Å². The van der Waals surface area contributed by atoms with E-state index < -0.39 is 11.6 Å². The fourth-order valence-corrected chi connectivity index (χ4v) is 1.30. The van der Waals surface area contributed by atoms with Crippen LogP contribution in [0.5, 0.6) is 0 Å². The Balaban J connectivity index is 0.000000845. The molecule has 0 radical (unpaired) electrons. The van der Waals surface area contributed by atoms with Crippen LogP contribution in [0.15, 0.2) is 18.2 Å². The van der Waals surface area contributed by atoms with E-state index in [9.17, 15) is 8.78 Å². The Morgan fingerprint density at radius 3 is 2.38 bits per heavy atom. The van der Waals surface area contributed by atoms with E-state index in [2.05, 4.69) is 5.32 Å². The highest BCUT2D eigenvalue weighted by atomic mass is 35.5. The van der Waals surface area contributed by atoms with Gasteiger partial charge in [-0.3, -0.25) is 0 Å². The van der Waals surface area contributed by atoms with Crippen LogP contribution in [0.25, 0.3) is 0 Å². The van der Waals surface area contributed by atoms with Crippen LogP contribution in [-0.4, -0.2) is 6.54 Å². The Morgan fingerprint density at radius 1 is 1.23 bits per heavy atom. The molecule has 1 nitrogen and oxygen atoms in total. The zero-order chi connectivity index (χ0) is 8.55. The number of hydrogen-bond donors (Lipinski definition) is 1. The van der Waals surface area contributed by atoms with Crippen molar-refractivity contribution in [1.29, 1.82) is 0 Å². The lowest BCUT2D eigenvalue weighted by molar-refractivity contribution is 0.380. The standard InChI is InChI=1S/C9H9F2N.ClH/c10-7-2-1-6(5-8(7)11)9-3-4-12-9;/h1-2,5,9,12H,3-4H2;1H/t9-;/m0./s1. The van der Waals surface area contributed by atoms with Gasteiger partial charge in [-0.05, 0) is 30.7 Å². The van der Waals surface area contributed by atoms with Crippen molar-refractivity contribution in [2.45, 2.75) is 12.5 Å². The lowest BCUT2D eigenvalue weighted by atomic mass is 9.98. The van der Waals surface area contributed by atoms with Gasteiger partial charge >= 0.3 is 0 Å². The Morgan fingerprint density at radius 2 is 1.92 bits per heavy atom. The summed E-state index contributed by atoms with van der Waals surface area (Å²) >= 11 is 0. The molecule has 0 amide bonds. The molecule has 1 aromatic rings. The average molecular weight is 206 g/mol. The Kier molecular flexibility index (Phi) is 3.22.